The summed E-state index contributed by atoms with van der Waals surface area (Å²) in [6, 6.07) is 11.7. The molecule has 0 aliphatic carbocycles. The first-order valence-corrected chi connectivity index (χ1v) is 6.61. The minimum absolute atomic E-state index is 0.358. The first kappa shape index (κ1) is 14.3. The van der Waals surface area contributed by atoms with Crippen molar-refractivity contribution in [1.29, 1.82) is 0 Å². The highest BCUT2D eigenvalue weighted by atomic mass is 32.1. The first-order chi connectivity index (χ1) is 9.61. The monoisotopic (exact) mass is 287 g/mol. The van der Waals surface area contributed by atoms with Crippen LogP contribution in [0.3, 0.4) is 0 Å². The molecular formula is C15H17N3OS. The van der Waals surface area contributed by atoms with Crippen LogP contribution in [0.1, 0.15) is 11.1 Å². The number of para-hydroxylation sites is 1. The third-order valence-electron chi connectivity index (χ3n) is 3.02. The molecule has 104 valence electrons. The van der Waals surface area contributed by atoms with Crippen molar-refractivity contribution in [1.82, 2.24) is 4.98 Å². The molecule has 0 saturated carbocycles. The van der Waals surface area contributed by atoms with Gasteiger partial charge in [0.05, 0.1) is 7.11 Å². The van der Waals surface area contributed by atoms with Gasteiger partial charge in [-0.3, -0.25) is 0 Å². The molecule has 0 bridgehead atoms. The highest BCUT2D eigenvalue weighted by Gasteiger charge is 2.08. The lowest BCUT2D eigenvalue weighted by atomic mass is 10.2. The number of hydrogen-bond acceptors (Lipinski definition) is 4. The standard InChI is InChI=1S/C15H17N3OS/c1-18(10-12-5-3-4-6-13(12)19-2)14-8-7-11(9-17-14)15(16)20/h3-9H,10H2,1-2H3,(H2,16,20). The van der Waals surface area contributed by atoms with Crippen molar-refractivity contribution in [3.8, 4) is 5.75 Å². The molecule has 1 heterocycles. The Kier molecular flexibility index (Phi) is 4.53. The number of hydrogen-bond donors (Lipinski definition) is 1. The fourth-order valence-electron chi connectivity index (χ4n) is 1.93. The summed E-state index contributed by atoms with van der Waals surface area (Å²) < 4.78 is 5.35. The van der Waals surface area contributed by atoms with E-state index in [1.807, 2.05) is 48.3 Å². The van der Waals surface area contributed by atoms with Crippen LogP contribution in [0.4, 0.5) is 5.82 Å². The average Bonchev–Trinajstić information content (AvgIpc) is 2.48. The largest absolute Gasteiger partial charge is 0.496 e. The summed E-state index contributed by atoms with van der Waals surface area (Å²) in [5, 5.41) is 0. The predicted octanol–water partition coefficient (Wildman–Crippen LogP) is 2.36. The average molecular weight is 287 g/mol. The lowest BCUT2D eigenvalue weighted by molar-refractivity contribution is 0.409. The predicted molar refractivity (Wildman–Crippen MR) is 85.2 cm³/mol. The zero-order valence-corrected chi connectivity index (χ0v) is 12.4. The number of nitrogens with zero attached hydrogens (tertiary/aromatic N) is 2. The van der Waals surface area contributed by atoms with E-state index in [-0.39, 0.29) is 0 Å². The zero-order chi connectivity index (χ0) is 14.5. The van der Waals surface area contributed by atoms with Gasteiger partial charge in [0.1, 0.15) is 16.6 Å². The fourth-order valence-corrected chi connectivity index (χ4v) is 2.05. The molecule has 0 radical (unpaired) electrons. The molecule has 0 spiro atoms. The fraction of sp³-hybridized carbons (Fsp3) is 0.200. The molecule has 1 aromatic carbocycles. The van der Waals surface area contributed by atoms with Gasteiger partial charge in [-0.25, -0.2) is 4.98 Å². The third-order valence-corrected chi connectivity index (χ3v) is 3.26. The molecule has 2 N–H and O–H groups in total. The molecular weight excluding hydrogens is 270 g/mol. The Morgan fingerprint density at radius 1 is 1.30 bits per heavy atom. The molecule has 20 heavy (non-hydrogen) atoms. The Morgan fingerprint density at radius 2 is 2.05 bits per heavy atom. The van der Waals surface area contributed by atoms with Crippen molar-refractivity contribution in [3.05, 3.63) is 53.7 Å². The lowest BCUT2D eigenvalue weighted by Gasteiger charge is -2.19. The molecule has 0 amide bonds. The van der Waals surface area contributed by atoms with Gasteiger partial charge in [0.2, 0.25) is 0 Å². The number of methoxy groups -OCH3 is 1. The van der Waals surface area contributed by atoms with E-state index in [9.17, 15) is 0 Å². The summed E-state index contributed by atoms with van der Waals surface area (Å²) in [5.74, 6) is 1.73. The lowest BCUT2D eigenvalue weighted by Crippen LogP contribution is -2.18. The minimum Gasteiger partial charge on any atom is -0.496 e. The number of ether oxygens (including phenoxy) is 1. The Morgan fingerprint density at radius 3 is 2.65 bits per heavy atom. The number of pyridine rings is 1. The summed E-state index contributed by atoms with van der Waals surface area (Å²) in [4.78, 5) is 6.77. The summed E-state index contributed by atoms with van der Waals surface area (Å²) in [6.45, 7) is 0.712. The Bertz CT molecular complexity index is 598. The number of rotatable bonds is 5. The smallest absolute Gasteiger partial charge is 0.128 e. The van der Waals surface area contributed by atoms with Crippen molar-refractivity contribution in [2.45, 2.75) is 6.54 Å². The minimum atomic E-state index is 0.358. The summed E-state index contributed by atoms with van der Waals surface area (Å²) in [5.41, 5.74) is 7.44. The SMILES string of the molecule is COc1ccccc1CN(C)c1ccc(C(N)=S)cn1. The van der Waals surface area contributed by atoms with Crippen LogP contribution < -0.4 is 15.4 Å². The van der Waals surface area contributed by atoms with Gasteiger partial charge in [-0.1, -0.05) is 30.4 Å². The van der Waals surface area contributed by atoms with Crippen LogP contribution in [-0.4, -0.2) is 24.1 Å². The number of aromatic nitrogens is 1. The van der Waals surface area contributed by atoms with Crippen LogP contribution in [0.25, 0.3) is 0 Å². The summed E-state index contributed by atoms with van der Waals surface area (Å²) >= 11 is 4.92. The molecule has 2 aromatic rings. The number of nitrogens with two attached hydrogens (primary N) is 1. The van der Waals surface area contributed by atoms with E-state index in [1.54, 1.807) is 13.3 Å². The molecule has 5 heteroatoms. The third kappa shape index (κ3) is 3.24. The van der Waals surface area contributed by atoms with E-state index in [4.69, 9.17) is 22.7 Å². The molecule has 4 nitrogen and oxygen atoms in total. The van der Waals surface area contributed by atoms with Gasteiger partial charge in [0, 0.05) is 30.9 Å². The second kappa shape index (κ2) is 6.34. The van der Waals surface area contributed by atoms with Crippen molar-refractivity contribution in [2.24, 2.45) is 5.73 Å². The Labute approximate surface area is 124 Å². The van der Waals surface area contributed by atoms with Gasteiger partial charge >= 0.3 is 0 Å². The maximum Gasteiger partial charge on any atom is 0.128 e. The van der Waals surface area contributed by atoms with E-state index in [1.165, 1.54) is 0 Å². The van der Waals surface area contributed by atoms with E-state index in [0.29, 0.717) is 11.5 Å². The van der Waals surface area contributed by atoms with Gasteiger partial charge in [-0.15, -0.1) is 0 Å². The summed E-state index contributed by atoms with van der Waals surface area (Å²) in [7, 11) is 3.66. The van der Waals surface area contributed by atoms with Gasteiger partial charge < -0.3 is 15.4 Å². The molecule has 0 fully saturated rings. The van der Waals surface area contributed by atoms with E-state index in [2.05, 4.69) is 4.98 Å². The second-order valence-corrected chi connectivity index (χ2v) is 4.88. The topological polar surface area (TPSA) is 51.4 Å². The highest BCUT2D eigenvalue weighted by Crippen LogP contribution is 2.21. The van der Waals surface area contributed by atoms with Crippen LogP contribution in [0.5, 0.6) is 5.75 Å². The number of thiocarbonyl (C=S) groups is 1. The second-order valence-electron chi connectivity index (χ2n) is 4.44. The van der Waals surface area contributed by atoms with Gasteiger partial charge in [-0.05, 0) is 18.2 Å². The maximum absolute atomic E-state index is 5.56. The normalized spacial score (nSPS) is 10.1. The van der Waals surface area contributed by atoms with Crippen LogP contribution in [0.15, 0.2) is 42.6 Å². The van der Waals surface area contributed by atoms with Crippen molar-refractivity contribution in [3.63, 3.8) is 0 Å². The Hall–Kier alpha value is -2.14. The van der Waals surface area contributed by atoms with E-state index >= 15 is 0 Å². The van der Waals surface area contributed by atoms with Crippen LogP contribution in [0, 0.1) is 0 Å². The molecule has 0 aliphatic heterocycles. The number of anilines is 1. The highest BCUT2D eigenvalue weighted by molar-refractivity contribution is 7.80. The van der Waals surface area contributed by atoms with Crippen LogP contribution in [-0.2, 0) is 6.54 Å². The van der Waals surface area contributed by atoms with Crippen LogP contribution in [0.2, 0.25) is 0 Å². The molecule has 0 atom stereocenters. The van der Waals surface area contributed by atoms with E-state index in [0.717, 1.165) is 22.7 Å². The van der Waals surface area contributed by atoms with Gasteiger partial charge in [-0.2, -0.15) is 0 Å². The Balaban J connectivity index is 2.15. The summed E-state index contributed by atoms with van der Waals surface area (Å²) in [6.07, 6.45) is 1.69. The van der Waals surface area contributed by atoms with Gasteiger partial charge in [0.15, 0.2) is 0 Å². The quantitative estimate of drug-likeness (QED) is 0.856. The maximum atomic E-state index is 5.56. The van der Waals surface area contributed by atoms with Crippen molar-refractivity contribution in [2.75, 3.05) is 19.1 Å². The molecule has 0 unspecified atom stereocenters. The first-order valence-electron chi connectivity index (χ1n) is 6.20. The molecule has 1 aromatic heterocycles. The van der Waals surface area contributed by atoms with Crippen molar-refractivity contribution >= 4 is 23.0 Å². The molecule has 0 aliphatic rings. The van der Waals surface area contributed by atoms with Crippen LogP contribution >= 0.6 is 12.2 Å². The molecule has 2 rings (SSSR count). The molecule has 0 saturated heterocycles. The van der Waals surface area contributed by atoms with E-state index < -0.39 is 0 Å². The van der Waals surface area contributed by atoms with Crippen molar-refractivity contribution < 1.29 is 4.74 Å². The number of benzene rings is 1. The zero-order valence-electron chi connectivity index (χ0n) is 11.5. The van der Waals surface area contributed by atoms with Gasteiger partial charge in [0.25, 0.3) is 0 Å².